The first-order valence-electron chi connectivity index (χ1n) is 7.74. The van der Waals surface area contributed by atoms with Crippen LogP contribution in [0.15, 0.2) is 48.5 Å². The Morgan fingerprint density at radius 1 is 1.04 bits per heavy atom. The second kappa shape index (κ2) is 8.33. The van der Waals surface area contributed by atoms with Gasteiger partial charge in [-0.05, 0) is 23.3 Å². The van der Waals surface area contributed by atoms with Gasteiger partial charge in [0.1, 0.15) is 0 Å². The van der Waals surface area contributed by atoms with Gasteiger partial charge in [-0.2, -0.15) is 4.31 Å². The van der Waals surface area contributed by atoms with Crippen molar-refractivity contribution in [2.45, 2.75) is 12.6 Å². The van der Waals surface area contributed by atoms with Crippen molar-refractivity contribution in [3.63, 3.8) is 0 Å². The second-order valence-corrected chi connectivity index (χ2v) is 7.65. The summed E-state index contributed by atoms with van der Waals surface area (Å²) in [5, 5.41) is 10.5. The molecule has 0 fully saturated rings. The SMILES string of the molecule is COc1ccc(C(O)CN(Cc2ccccc2)S(C)(=O)=O)cc1OC. The molecule has 6 nitrogen and oxygen atoms in total. The minimum absolute atomic E-state index is 0.0524. The number of rotatable bonds is 8. The number of sulfonamides is 1. The van der Waals surface area contributed by atoms with Crippen LogP contribution < -0.4 is 9.47 Å². The maximum absolute atomic E-state index is 12.1. The third-order valence-corrected chi connectivity index (χ3v) is 5.06. The number of ether oxygens (including phenoxy) is 2. The van der Waals surface area contributed by atoms with Crippen LogP contribution in [0.3, 0.4) is 0 Å². The molecule has 7 heteroatoms. The highest BCUT2D eigenvalue weighted by molar-refractivity contribution is 7.88. The number of aliphatic hydroxyl groups is 1. The van der Waals surface area contributed by atoms with Crippen LogP contribution >= 0.6 is 0 Å². The molecule has 0 aromatic heterocycles. The second-order valence-electron chi connectivity index (χ2n) is 5.67. The van der Waals surface area contributed by atoms with E-state index >= 15 is 0 Å². The third kappa shape index (κ3) is 5.19. The van der Waals surface area contributed by atoms with E-state index in [0.717, 1.165) is 11.8 Å². The molecule has 136 valence electrons. The summed E-state index contributed by atoms with van der Waals surface area (Å²) in [5.74, 6) is 1.02. The Morgan fingerprint density at radius 2 is 1.68 bits per heavy atom. The molecule has 2 rings (SSSR count). The first-order chi connectivity index (χ1) is 11.8. The van der Waals surface area contributed by atoms with Crippen LogP contribution in [0, 0.1) is 0 Å². The van der Waals surface area contributed by atoms with Gasteiger partial charge in [-0.15, -0.1) is 0 Å². The van der Waals surface area contributed by atoms with Crippen LogP contribution in [0.2, 0.25) is 0 Å². The fourth-order valence-electron chi connectivity index (χ4n) is 2.46. The highest BCUT2D eigenvalue weighted by atomic mass is 32.2. The first kappa shape index (κ1) is 19.2. The van der Waals surface area contributed by atoms with Crippen molar-refractivity contribution in [2.24, 2.45) is 0 Å². The van der Waals surface area contributed by atoms with Crippen LogP contribution in [0.5, 0.6) is 11.5 Å². The predicted molar refractivity (Wildman–Crippen MR) is 96.2 cm³/mol. The van der Waals surface area contributed by atoms with Crippen LogP contribution in [0.25, 0.3) is 0 Å². The van der Waals surface area contributed by atoms with E-state index in [-0.39, 0.29) is 13.1 Å². The summed E-state index contributed by atoms with van der Waals surface area (Å²) in [6.45, 7) is 0.146. The van der Waals surface area contributed by atoms with Crippen LogP contribution in [-0.2, 0) is 16.6 Å². The molecular weight excluding hydrogens is 342 g/mol. The van der Waals surface area contributed by atoms with Crippen LogP contribution in [0.1, 0.15) is 17.2 Å². The van der Waals surface area contributed by atoms with E-state index in [1.54, 1.807) is 18.2 Å². The lowest BCUT2D eigenvalue weighted by Gasteiger charge is -2.23. The van der Waals surface area contributed by atoms with Crippen molar-refractivity contribution in [1.82, 2.24) is 4.31 Å². The molecule has 2 aromatic carbocycles. The van der Waals surface area contributed by atoms with E-state index in [4.69, 9.17) is 9.47 Å². The van der Waals surface area contributed by atoms with Crippen molar-refractivity contribution in [3.05, 3.63) is 59.7 Å². The average Bonchev–Trinajstić information content (AvgIpc) is 2.60. The summed E-state index contributed by atoms with van der Waals surface area (Å²) < 4.78 is 35.8. The van der Waals surface area contributed by atoms with Gasteiger partial charge in [-0.25, -0.2) is 8.42 Å². The maximum atomic E-state index is 12.1. The summed E-state index contributed by atoms with van der Waals surface area (Å²) in [7, 11) is -0.444. The summed E-state index contributed by atoms with van der Waals surface area (Å²) >= 11 is 0. The van der Waals surface area contributed by atoms with Gasteiger partial charge < -0.3 is 14.6 Å². The van der Waals surface area contributed by atoms with E-state index in [1.165, 1.54) is 18.5 Å². The van der Waals surface area contributed by atoms with E-state index in [2.05, 4.69) is 0 Å². The molecule has 1 atom stereocenters. The summed E-state index contributed by atoms with van der Waals surface area (Å²) in [6, 6.07) is 14.3. The maximum Gasteiger partial charge on any atom is 0.211 e. The molecule has 0 aliphatic rings. The zero-order valence-corrected chi connectivity index (χ0v) is 15.4. The van der Waals surface area contributed by atoms with Crippen molar-refractivity contribution in [2.75, 3.05) is 27.0 Å². The van der Waals surface area contributed by atoms with Crippen LogP contribution in [-0.4, -0.2) is 44.8 Å². The van der Waals surface area contributed by atoms with Crippen molar-refractivity contribution < 1.29 is 23.0 Å². The Hall–Kier alpha value is -2.09. The fourth-order valence-corrected chi connectivity index (χ4v) is 3.26. The lowest BCUT2D eigenvalue weighted by molar-refractivity contribution is 0.145. The highest BCUT2D eigenvalue weighted by Gasteiger charge is 2.22. The first-order valence-corrected chi connectivity index (χ1v) is 9.59. The molecular formula is C18H23NO5S. The molecule has 0 saturated carbocycles. The Bertz CT molecular complexity index is 792. The van der Waals surface area contributed by atoms with Gasteiger partial charge in [0.2, 0.25) is 10.0 Å². The smallest absolute Gasteiger partial charge is 0.211 e. The molecule has 0 heterocycles. The van der Waals surface area contributed by atoms with Crippen molar-refractivity contribution >= 4 is 10.0 Å². The molecule has 0 aliphatic carbocycles. The average molecular weight is 365 g/mol. The van der Waals surface area contributed by atoms with Gasteiger partial charge in [-0.3, -0.25) is 0 Å². The molecule has 0 amide bonds. The molecule has 25 heavy (non-hydrogen) atoms. The summed E-state index contributed by atoms with van der Waals surface area (Å²) in [5.41, 5.74) is 1.41. The number of aliphatic hydroxyl groups excluding tert-OH is 1. The van der Waals surface area contributed by atoms with Gasteiger partial charge in [0.05, 0.1) is 26.6 Å². The monoisotopic (exact) mass is 365 g/mol. The van der Waals surface area contributed by atoms with E-state index in [1.807, 2.05) is 30.3 Å². The molecule has 1 N–H and O–H groups in total. The Labute approximate surface area is 148 Å². The topological polar surface area (TPSA) is 76.1 Å². The number of benzene rings is 2. The lowest BCUT2D eigenvalue weighted by atomic mass is 10.1. The summed E-state index contributed by atoms with van der Waals surface area (Å²) in [4.78, 5) is 0. The van der Waals surface area contributed by atoms with Gasteiger partial charge in [0.15, 0.2) is 11.5 Å². The molecule has 0 aliphatic heterocycles. The molecule has 1 unspecified atom stereocenters. The van der Waals surface area contributed by atoms with Gasteiger partial charge >= 0.3 is 0 Å². The molecule has 2 aromatic rings. The number of hydrogen-bond donors (Lipinski definition) is 1. The Kier molecular flexibility index (Phi) is 6.41. The molecule has 0 bridgehead atoms. The quantitative estimate of drug-likeness (QED) is 0.776. The number of methoxy groups -OCH3 is 2. The minimum atomic E-state index is -3.48. The summed E-state index contributed by atoms with van der Waals surface area (Å²) in [6.07, 6.45) is 0.148. The minimum Gasteiger partial charge on any atom is -0.493 e. The standard InChI is InChI=1S/C18H23NO5S/c1-23-17-10-9-15(11-18(17)24-2)16(20)13-19(25(3,21)22)12-14-7-5-4-6-8-14/h4-11,16,20H,12-13H2,1-3H3. The lowest BCUT2D eigenvalue weighted by Crippen LogP contribution is -2.33. The van der Waals surface area contributed by atoms with Crippen molar-refractivity contribution in [1.29, 1.82) is 0 Å². The van der Waals surface area contributed by atoms with E-state index in [9.17, 15) is 13.5 Å². The van der Waals surface area contributed by atoms with Gasteiger partial charge in [0, 0.05) is 13.1 Å². The Morgan fingerprint density at radius 3 is 2.24 bits per heavy atom. The van der Waals surface area contributed by atoms with Crippen molar-refractivity contribution in [3.8, 4) is 11.5 Å². The zero-order chi connectivity index (χ0) is 18.4. The predicted octanol–water partition coefficient (Wildman–Crippen LogP) is 2.20. The molecule has 0 saturated heterocycles. The van der Waals surface area contributed by atoms with Gasteiger partial charge in [0.25, 0.3) is 0 Å². The number of nitrogens with zero attached hydrogens (tertiary/aromatic N) is 1. The Balaban J connectivity index is 2.21. The van der Waals surface area contributed by atoms with E-state index < -0.39 is 16.1 Å². The molecule has 0 radical (unpaired) electrons. The van der Waals surface area contributed by atoms with Crippen LogP contribution in [0.4, 0.5) is 0 Å². The van der Waals surface area contributed by atoms with Gasteiger partial charge in [-0.1, -0.05) is 36.4 Å². The third-order valence-electron chi connectivity index (χ3n) is 3.84. The number of hydrogen-bond acceptors (Lipinski definition) is 5. The molecule has 0 spiro atoms. The zero-order valence-electron chi connectivity index (χ0n) is 14.5. The fraction of sp³-hybridized carbons (Fsp3) is 0.333. The van der Waals surface area contributed by atoms with E-state index in [0.29, 0.717) is 17.1 Å². The largest absolute Gasteiger partial charge is 0.493 e. The highest BCUT2D eigenvalue weighted by Crippen LogP contribution is 2.30. The normalized spacial score (nSPS) is 12.8.